The minimum atomic E-state index is 0.0837. The molecule has 0 spiro atoms. The van der Waals surface area contributed by atoms with Gasteiger partial charge in [-0.2, -0.15) is 0 Å². The molecule has 0 aromatic rings. The Kier molecular flexibility index (Phi) is 3.06. The third kappa shape index (κ3) is 2.52. The van der Waals surface area contributed by atoms with E-state index in [1.165, 1.54) is 19.5 Å². The lowest BCUT2D eigenvalue weighted by Crippen LogP contribution is -2.45. The maximum absolute atomic E-state index is 5.72. The predicted octanol–water partition coefficient (Wildman–Crippen LogP) is 1.10. The van der Waals surface area contributed by atoms with Gasteiger partial charge in [0.2, 0.25) is 0 Å². The first-order valence-electron chi connectivity index (χ1n) is 6.04. The average molecular weight is 212 g/mol. The molecule has 0 bridgehead atoms. The van der Waals surface area contributed by atoms with Gasteiger partial charge in [0.15, 0.2) is 0 Å². The van der Waals surface area contributed by atoms with Crippen molar-refractivity contribution in [1.29, 1.82) is 0 Å². The molecule has 1 atom stereocenters. The zero-order valence-corrected chi connectivity index (χ0v) is 10.3. The average Bonchev–Trinajstić information content (AvgIpc) is 2.75. The molecule has 0 aromatic heterocycles. The number of rotatable bonds is 3. The van der Waals surface area contributed by atoms with Crippen LogP contribution in [0.2, 0.25) is 0 Å². The highest BCUT2D eigenvalue weighted by molar-refractivity contribution is 4.95. The lowest BCUT2D eigenvalue weighted by Gasteiger charge is -2.32. The van der Waals surface area contributed by atoms with Crippen molar-refractivity contribution in [2.24, 2.45) is 5.41 Å². The number of nitrogens with one attached hydrogen (secondary N) is 1. The zero-order chi connectivity index (χ0) is 10.9. The largest absolute Gasteiger partial charge is 0.376 e. The van der Waals surface area contributed by atoms with Crippen LogP contribution >= 0.6 is 0 Å². The van der Waals surface area contributed by atoms with Gasteiger partial charge < -0.3 is 10.1 Å². The Labute approximate surface area is 93.2 Å². The van der Waals surface area contributed by atoms with Gasteiger partial charge in [-0.25, -0.2) is 0 Å². The molecule has 2 heterocycles. The second-order valence-electron chi connectivity index (χ2n) is 5.94. The molecular weight excluding hydrogens is 188 g/mol. The summed E-state index contributed by atoms with van der Waals surface area (Å²) in [6.07, 6.45) is 2.47. The lowest BCUT2D eigenvalue weighted by molar-refractivity contribution is -0.0179. The van der Waals surface area contributed by atoms with Crippen LogP contribution in [0.5, 0.6) is 0 Å². The molecule has 2 aliphatic rings. The second kappa shape index (κ2) is 4.04. The molecular formula is C12H24N2O. The number of ether oxygens (including phenoxy) is 1. The zero-order valence-electron chi connectivity index (χ0n) is 10.3. The Bertz CT molecular complexity index is 222. The summed E-state index contributed by atoms with van der Waals surface area (Å²) in [5.41, 5.74) is 0.585. The molecule has 3 heteroatoms. The molecule has 0 unspecified atom stereocenters. The third-order valence-corrected chi connectivity index (χ3v) is 3.91. The summed E-state index contributed by atoms with van der Waals surface area (Å²) >= 11 is 0. The summed E-state index contributed by atoms with van der Waals surface area (Å²) < 4.78 is 5.72. The first-order valence-corrected chi connectivity index (χ1v) is 6.04. The number of hydrogen-bond donors (Lipinski definition) is 1. The summed E-state index contributed by atoms with van der Waals surface area (Å²) in [7, 11) is 1.86. The van der Waals surface area contributed by atoms with E-state index in [9.17, 15) is 0 Å². The van der Waals surface area contributed by atoms with E-state index in [1.807, 2.05) is 7.11 Å². The van der Waals surface area contributed by atoms with Gasteiger partial charge in [-0.15, -0.1) is 0 Å². The van der Waals surface area contributed by atoms with Crippen LogP contribution in [-0.4, -0.2) is 50.3 Å². The van der Waals surface area contributed by atoms with Gasteiger partial charge in [0.05, 0.1) is 5.60 Å². The Balaban J connectivity index is 1.91. The van der Waals surface area contributed by atoms with Gasteiger partial charge in [-0.05, 0) is 31.3 Å². The highest BCUT2D eigenvalue weighted by Gasteiger charge is 2.39. The summed E-state index contributed by atoms with van der Waals surface area (Å²) in [6, 6.07) is 0. The monoisotopic (exact) mass is 212 g/mol. The van der Waals surface area contributed by atoms with Gasteiger partial charge in [0, 0.05) is 26.7 Å². The molecule has 0 saturated carbocycles. The summed E-state index contributed by atoms with van der Waals surface area (Å²) in [6.45, 7) is 10.4. The van der Waals surface area contributed by atoms with Crippen molar-refractivity contribution in [2.75, 3.05) is 39.8 Å². The van der Waals surface area contributed by atoms with E-state index in [0.29, 0.717) is 5.41 Å². The maximum atomic E-state index is 5.72. The van der Waals surface area contributed by atoms with Gasteiger partial charge in [0.1, 0.15) is 0 Å². The summed E-state index contributed by atoms with van der Waals surface area (Å²) in [4.78, 5) is 2.57. The van der Waals surface area contributed by atoms with Gasteiger partial charge in [-0.1, -0.05) is 13.8 Å². The minimum absolute atomic E-state index is 0.0837. The quantitative estimate of drug-likeness (QED) is 0.758. The third-order valence-electron chi connectivity index (χ3n) is 3.91. The summed E-state index contributed by atoms with van der Waals surface area (Å²) in [5, 5.41) is 3.41. The molecule has 0 aliphatic carbocycles. The van der Waals surface area contributed by atoms with Crippen LogP contribution in [0.15, 0.2) is 0 Å². The van der Waals surface area contributed by atoms with Crippen molar-refractivity contribution >= 4 is 0 Å². The van der Waals surface area contributed by atoms with Crippen molar-refractivity contribution in [3.8, 4) is 0 Å². The van der Waals surface area contributed by atoms with E-state index in [0.717, 1.165) is 26.1 Å². The number of hydrogen-bond acceptors (Lipinski definition) is 3. The first kappa shape index (κ1) is 11.4. The van der Waals surface area contributed by atoms with Crippen molar-refractivity contribution in [3.63, 3.8) is 0 Å². The fraction of sp³-hybridized carbons (Fsp3) is 1.00. The van der Waals surface area contributed by atoms with E-state index in [4.69, 9.17) is 4.74 Å². The molecule has 0 aromatic carbocycles. The van der Waals surface area contributed by atoms with Crippen LogP contribution in [0.1, 0.15) is 26.7 Å². The van der Waals surface area contributed by atoms with Crippen molar-refractivity contribution in [1.82, 2.24) is 10.2 Å². The van der Waals surface area contributed by atoms with Crippen molar-refractivity contribution < 1.29 is 4.74 Å². The van der Waals surface area contributed by atoms with E-state index >= 15 is 0 Å². The van der Waals surface area contributed by atoms with Crippen molar-refractivity contribution in [3.05, 3.63) is 0 Å². The highest BCUT2D eigenvalue weighted by atomic mass is 16.5. The standard InChI is InChI=1S/C12H24N2O/c1-11(2)5-7-14(9-11)10-12(15-3)4-6-13-8-12/h13H,4-10H2,1-3H3/t12-/m0/s1. The van der Waals surface area contributed by atoms with Crippen LogP contribution in [0.25, 0.3) is 0 Å². The highest BCUT2D eigenvalue weighted by Crippen LogP contribution is 2.31. The maximum Gasteiger partial charge on any atom is 0.0940 e. The molecule has 15 heavy (non-hydrogen) atoms. The molecule has 0 radical (unpaired) electrons. The molecule has 2 rings (SSSR count). The molecule has 1 N–H and O–H groups in total. The van der Waals surface area contributed by atoms with Crippen LogP contribution in [0.3, 0.4) is 0 Å². The fourth-order valence-corrected chi connectivity index (χ4v) is 2.86. The lowest BCUT2D eigenvalue weighted by atomic mass is 9.93. The Morgan fingerprint density at radius 2 is 2.13 bits per heavy atom. The fourth-order valence-electron chi connectivity index (χ4n) is 2.86. The van der Waals surface area contributed by atoms with E-state index < -0.39 is 0 Å². The van der Waals surface area contributed by atoms with Crippen LogP contribution in [0, 0.1) is 5.41 Å². The number of methoxy groups -OCH3 is 1. The normalized spacial score (nSPS) is 36.2. The van der Waals surface area contributed by atoms with Gasteiger partial charge in [-0.3, -0.25) is 4.90 Å². The smallest absolute Gasteiger partial charge is 0.0940 e. The Hall–Kier alpha value is -0.120. The van der Waals surface area contributed by atoms with E-state index in [1.54, 1.807) is 0 Å². The molecule has 2 saturated heterocycles. The number of likely N-dealkylation sites (tertiary alicyclic amines) is 1. The van der Waals surface area contributed by atoms with E-state index in [-0.39, 0.29) is 5.60 Å². The van der Waals surface area contributed by atoms with E-state index in [2.05, 4.69) is 24.1 Å². The Morgan fingerprint density at radius 3 is 2.60 bits per heavy atom. The van der Waals surface area contributed by atoms with Gasteiger partial charge >= 0.3 is 0 Å². The van der Waals surface area contributed by atoms with Crippen LogP contribution < -0.4 is 5.32 Å². The first-order chi connectivity index (χ1) is 7.05. The SMILES string of the molecule is CO[C@@]1(CN2CCC(C)(C)C2)CCNC1. The number of nitrogens with zero attached hydrogens (tertiary/aromatic N) is 1. The van der Waals surface area contributed by atoms with Crippen LogP contribution in [0.4, 0.5) is 0 Å². The predicted molar refractivity (Wildman–Crippen MR) is 62.1 cm³/mol. The van der Waals surface area contributed by atoms with Gasteiger partial charge in [0.25, 0.3) is 0 Å². The Morgan fingerprint density at radius 1 is 1.33 bits per heavy atom. The molecule has 88 valence electrons. The molecule has 2 aliphatic heterocycles. The molecule has 3 nitrogen and oxygen atoms in total. The molecule has 0 amide bonds. The molecule has 2 fully saturated rings. The minimum Gasteiger partial charge on any atom is -0.376 e. The topological polar surface area (TPSA) is 24.5 Å². The van der Waals surface area contributed by atoms with Crippen molar-refractivity contribution in [2.45, 2.75) is 32.3 Å². The van der Waals surface area contributed by atoms with Crippen LogP contribution in [-0.2, 0) is 4.74 Å². The second-order valence-corrected chi connectivity index (χ2v) is 5.94. The summed E-state index contributed by atoms with van der Waals surface area (Å²) in [5.74, 6) is 0.